The molecule has 0 fully saturated rings. The lowest BCUT2D eigenvalue weighted by Crippen LogP contribution is -2.07. The summed E-state index contributed by atoms with van der Waals surface area (Å²) in [6.07, 6.45) is 9.53. The number of hydrogen-bond donors (Lipinski definition) is 0. The number of allylic oxidation sites excluding steroid dienone is 1. The second kappa shape index (κ2) is 11.6. The highest BCUT2D eigenvalue weighted by molar-refractivity contribution is 5.71. The van der Waals surface area contributed by atoms with Gasteiger partial charge in [-0.25, -0.2) is 0 Å². The molecule has 3 rings (SSSR count). The Bertz CT molecular complexity index is 849. The van der Waals surface area contributed by atoms with Gasteiger partial charge in [0.1, 0.15) is 12.4 Å². The van der Waals surface area contributed by atoms with Gasteiger partial charge in [0.2, 0.25) is 0 Å². The number of hydrogen-bond acceptors (Lipinski definition) is 3. The number of carbonyl (C=O) groups excluding carboxylic acids is 1. The molecule has 0 spiro atoms. The van der Waals surface area contributed by atoms with E-state index in [0.29, 0.717) is 13.0 Å². The number of methoxy groups -OCH3 is 1. The maximum absolute atomic E-state index is 11.2. The first kappa shape index (κ1) is 22.1. The number of ether oxygens (including phenoxy) is 2. The molecule has 160 valence electrons. The van der Waals surface area contributed by atoms with Crippen molar-refractivity contribution in [2.75, 3.05) is 13.7 Å². The molecule has 0 bridgehead atoms. The fraction of sp³-hybridized carbons (Fsp3) is 0.444. The minimum Gasteiger partial charge on any atom is -0.489 e. The molecule has 0 saturated carbocycles. The molecule has 0 atom stereocenters. The highest BCUT2D eigenvalue weighted by Crippen LogP contribution is 2.32. The van der Waals surface area contributed by atoms with Gasteiger partial charge in [-0.3, -0.25) is 4.79 Å². The van der Waals surface area contributed by atoms with Crippen LogP contribution in [-0.4, -0.2) is 19.7 Å². The minimum absolute atomic E-state index is 0.146. The van der Waals surface area contributed by atoms with E-state index in [1.54, 1.807) is 0 Å². The van der Waals surface area contributed by atoms with E-state index in [0.717, 1.165) is 31.4 Å². The van der Waals surface area contributed by atoms with Gasteiger partial charge in [-0.15, -0.1) is 0 Å². The number of aryl methyl sites for hydroxylation is 2. The molecule has 0 unspecified atom stereocenters. The summed E-state index contributed by atoms with van der Waals surface area (Å²) in [6, 6.07) is 17.0. The van der Waals surface area contributed by atoms with E-state index in [1.165, 1.54) is 60.6 Å². The highest BCUT2D eigenvalue weighted by atomic mass is 16.5. The molecule has 0 saturated heterocycles. The standard InChI is InChI=1S/C27H34O3/c1-21-10-7-8-13-25(21)26-14-6-4-3-5-12-23(26)20-30-24-18-16-22(17-19-24)11-9-15-27(28)29-2/h7-8,10,13,16-19H,3-6,9,11-12,14-15,20H2,1-2H3. The van der Waals surface area contributed by atoms with Crippen molar-refractivity contribution in [3.05, 3.63) is 70.8 Å². The summed E-state index contributed by atoms with van der Waals surface area (Å²) >= 11 is 0. The van der Waals surface area contributed by atoms with E-state index >= 15 is 0 Å². The Morgan fingerprint density at radius 2 is 1.67 bits per heavy atom. The average Bonchev–Trinajstić information content (AvgIpc) is 2.75. The number of esters is 1. The van der Waals surface area contributed by atoms with E-state index in [4.69, 9.17) is 9.47 Å². The molecule has 0 aromatic heterocycles. The Morgan fingerprint density at radius 1 is 0.933 bits per heavy atom. The van der Waals surface area contributed by atoms with Crippen LogP contribution in [-0.2, 0) is 16.0 Å². The summed E-state index contributed by atoms with van der Waals surface area (Å²) in [5.41, 5.74) is 6.90. The summed E-state index contributed by atoms with van der Waals surface area (Å²) in [6.45, 7) is 2.86. The normalized spacial score (nSPS) is 14.7. The van der Waals surface area contributed by atoms with Crippen molar-refractivity contribution in [1.82, 2.24) is 0 Å². The van der Waals surface area contributed by atoms with E-state index in [9.17, 15) is 4.79 Å². The van der Waals surface area contributed by atoms with Gasteiger partial charge in [-0.2, -0.15) is 0 Å². The molecule has 30 heavy (non-hydrogen) atoms. The Hall–Kier alpha value is -2.55. The van der Waals surface area contributed by atoms with Crippen LogP contribution in [0.15, 0.2) is 54.1 Å². The Labute approximate surface area is 181 Å². The predicted molar refractivity (Wildman–Crippen MR) is 123 cm³/mol. The van der Waals surface area contributed by atoms with Crippen LogP contribution >= 0.6 is 0 Å². The average molecular weight is 407 g/mol. The summed E-state index contributed by atoms with van der Waals surface area (Å²) in [4.78, 5) is 11.2. The van der Waals surface area contributed by atoms with Crippen LogP contribution in [0.1, 0.15) is 68.1 Å². The fourth-order valence-corrected chi connectivity index (χ4v) is 4.18. The molecule has 3 nitrogen and oxygen atoms in total. The first-order chi connectivity index (χ1) is 14.7. The Kier molecular flexibility index (Phi) is 8.55. The van der Waals surface area contributed by atoms with E-state index in [1.807, 2.05) is 12.1 Å². The van der Waals surface area contributed by atoms with Crippen LogP contribution in [0.25, 0.3) is 5.57 Å². The number of carbonyl (C=O) groups is 1. The second-order valence-electron chi connectivity index (χ2n) is 8.17. The van der Waals surface area contributed by atoms with E-state index < -0.39 is 0 Å². The van der Waals surface area contributed by atoms with Crippen LogP contribution in [0.4, 0.5) is 0 Å². The van der Waals surface area contributed by atoms with Gasteiger partial charge in [-0.05, 0) is 85.4 Å². The lowest BCUT2D eigenvalue weighted by atomic mass is 9.87. The smallest absolute Gasteiger partial charge is 0.305 e. The molecule has 2 aromatic carbocycles. The zero-order valence-electron chi connectivity index (χ0n) is 18.4. The minimum atomic E-state index is -0.146. The van der Waals surface area contributed by atoms with Crippen molar-refractivity contribution in [2.24, 2.45) is 0 Å². The van der Waals surface area contributed by atoms with Crippen LogP contribution < -0.4 is 4.74 Å². The molecule has 0 heterocycles. The van der Waals surface area contributed by atoms with Crippen LogP contribution in [0.3, 0.4) is 0 Å². The Morgan fingerprint density at radius 3 is 2.40 bits per heavy atom. The van der Waals surface area contributed by atoms with Crippen molar-refractivity contribution in [3.8, 4) is 5.75 Å². The molecule has 0 N–H and O–H groups in total. The van der Waals surface area contributed by atoms with Gasteiger partial charge in [0, 0.05) is 6.42 Å². The van der Waals surface area contributed by atoms with Crippen molar-refractivity contribution in [1.29, 1.82) is 0 Å². The molecule has 0 radical (unpaired) electrons. The summed E-state index contributed by atoms with van der Waals surface area (Å²) in [5, 5.41) is 0. The summed E-state index contributed by atoms with van der Waals surface area (Å²) in [5.74, 6) is 0.761. The van der Waals surface area contributed by atoms with E-state index in [-0.39, 0.29) is 5.97 Å². The molecule has 1 aliphatic carbocycles. The zero-order chi connectivity index (χ0) is 21.2. The van der Waals surface area contributed by atoms with Gasteiger partial charge >= 0.3 is 5.97 Å². The molecule has 0 amide bonds. The lowest BCUT2D eigenvalue weighted by molar-refractivity contribution is -0.140. The predicted octanol–water partition coefficient (Wildman–Crippen LogP) is 6.68. The molecule has 3 heteroatoms. The van der Waals surface area contributed by atoms with E-state index in [2.05, 4.69) is 43.3 Å². The lowest BCUT2D eigenvalue weighted by Gasteiger charge is -2.21. The van der Waals surface area contributed by atoms with Crippen LogP contribution in [0.5, 0.6) is 5.75 Å². The van der Waals surface area contributed by atoms with Crippen molar-refractivity contribution in [3.63, 3.8) is 0 Å². The third kappa shape index (κ3) is 6.48. The Balaban J connectivity index is 1.66. The topological polar surface area (TPSA) is 35.5 Å². The molecule has 1 aliphatic rings. The largest absolute Gasteiger partial charge is 0.489 e. The van der Waals surface area contributed by atoms with Gasteiger partial charge in [0.05, 0.1) is 7.11 Å². The van der Waals surface area contributed by atoms with Crippen molar-refractivity contribution >= 4 is 11.5 Å². The number of benzene rings is 2. The summed E-state index contributed by atoms with van der Waals surface area (Å²) in [7, 11) is 1.43. The van der Waals surface area contributed by atoms with Crippen LogP contribution in [0, 0.1) is 6.92 Å². The fourth-order valence-electron chi connectivity index (χ4n) is 4.18. The first-order valence-corrected chi connectivity index (χ1v) is 11.2. The SMILES string of the molecule is COC(=O)CCCc1ccc(OCC2=C(c3ccccc3C)CCCCCC2)cc1. The number of rotatable bonds is 8. The first-order valence-electron chi connectivity index (χ1n) is 11.2. The van der Waals surface area contributed by atoms with Crippen molar-refractivity contribution in [2.45, 2.75) is 64.7 Å². The van der Waals surface area contributed by atoms with Gasteiger partial charge in [0.25, 0.3) is 0 Å². The third-order valence-electron chi connectivity index (χ3n) is 5.96. The monoisotopic (exact) mass is 406 g/mol. The molecule has 0 aliphatic heterocycles. The second-order valence-corrected chi connectivity index (χ2v) is 8.17. The third-order valence-corrected chi connectivity index (χ3v) is 5.96. The van der Waals surface area contributed by atoms with Gasteiger partial charge in [0.15, 0.2) is 0 Å². The molecular weight excluding hydrogens is 372 g/mol. The van der Waals surface area contributed by atoms with Gasteiger partial charge < -0.3 is 9.47 Å². The highest BCUT2D eigenvalue weighted by Gasteiger charge is 2.14. The maximum Gasteiger partial charge on any atom is 0.305 e. The quantitative estimate of drug-likeness (QED) is 0.459. The summed E-state index contributed by atoms with van der Waals surface area (Å²) < 4.78 is 10.9. The zero-order valence-corrected chi connectivity index (χ0v) is 18.4. The van der Waals surface area contributed by atoms with Gasteiger partial charge in [-0.1, -0.05) is 49.2 Å². The van der Waals surface area contributed by atoms with Crippen molar-refractivity contribution < 1.29 is 14.3 Å². The molecule has 2 aromatic rings. The maximum atomic E-state index is 11.2. The van der Waals surface area contributed by atoms with Crippen LogP contribution in [0.2, 0.25) is 0 Å². The molecular formula is C27H34O3.